The highest BCUT2D eigenvalue weighted by Crippen LogP contribution is 2.35. The molecule has 2 heterocycles. The number of morpholine rings is 1. The zero-order chi connectivity index (χ0) is 19.6. The summed E-state index contributed by atoms with van der Waals surface area (Å²) in [6, 6.07) is 4.99. The second kappa shape index (κ2) is 8.14. The van der Waals surface area contributed by atoms with Crippen LogP contribution in [0.15, 0.2) is 18.2 Å². The Kier molecular flexibility index (Phi) is 5.86. The van der Waals surface area contributed by atoms with Crippen molar-refractivity contribution in [3.63, 3.8) is 0 Å². The number of halogens is 1. The third kappa shape index (κ3) is 4.33. The normalized spacial score (nSPS) is 22.8. The molecule has 2 atom stereocenters. The van der Waals surface area contributed by atoms with E-state index in [4.69, 9.17) is 26.2 Å². The molecule has 0 saturated carbocycles. The highest BCUT2D eigenvalue weighted by Gasteiger charge is 2.39. The predicted octanol–water partition coefficient (Wildman–Crippen LogP) is 1.40. The second-order valence-corrected chi connectivity index (χ2v) is 7.03. The van der Waals surface area contributed by atoms with Gasteiger partial charge in [0.1, 0.15) is 5.75 Å². The van der Waals surface area contributed by atoms with E-state index < -0.39 is 18.0 Å². The lowest BCUT2D eigenvalue weighted by molar-refractivity contribution is -0.149. The Bertz CT molecular complexity index is 755. The minimum absolute atomic E-state index is 0.0927. The Morgan fingerprint density at radius 3 is 2.85 bits per heavy atom. The number of methoxy groups -OCH3 is 1. The summed E-state index contributed by atoms with van der Waals surface area (Å²) in [7, 11) is 1.51. The molecule has 3 rings (SSSR count). The monoisotopic (exact) mass is 396 g/mol. The van der Waals surface area contributed by atoms with Crippen LogP contribution in [-0.4, -0.2) is 67.2 Å². The van der Waals surface area contributed by atoms with Crippen LogP contribution in [0.2, 0.25) is 5.02 Å². The van der Waals surface area contributed by atoms with Gasteiger partial charge in [0.05, 0.1) is 37.8 Å². The number of carbonyl (C=O) groups excluding carboxylic acids is 2. The van der Waals surface area contributed by atoms with E-state index >= 15 is 0 Å². The molecule has 2 aliphatic heterocycles. The number of amides is 2. The molecule has 0 aliphatic carbocycles. The summed E-state index contributed by atoms with van der Waals surface area (Å²) in [5.41, 5.74) is 0.538. The molecule has 9 heteroatoms. The Labute approximate surface area is 161 Å². The van der Waals surface area contributed by atoms with Crippen molar-refractivity contribution in [3.8, 4) is 5.75 Å². The highest BCUT2D eigenvalue weighted by atomic mass is 35.5. The lowest BCUT2D eigenvalue weighted by Gasteiger charge is -2.33. The molecule has 0 radical (unpaired) electrons. The van der Waals surface area contributed by atoms with E-state index in [0.717, 1.165) is 0 Å². The quantitative estimate of drug-likeness (QED) is 0.808. The molecule has 0 spiro atoms. The van der Waals surface area contributed by atoms with Crippen LogP contribution in [-0.2, 0) is 19.1 Å². The third-order valence-electron chi connectivity index (χ3n) is 4.76. The van der Waals surface area contributed by atoms with Crippen LogP contribution in [0.1, 0.15) is 12.8 Å². The maximum atomic E-state index is 12.9. The van der Waals surface area contributed by atoms with Gasteiger partial charge < -0.3 is 24.4 Å². The van der Waals surface area contributed by atoms with Crippen LogP contribution in [0.3, 0.4) is 0 Å². The molecule has 8 nitrogen and oxygen atoms in total. The first kappa shape index (κ1) is 19.4. The van der Waals surface area contributed by atoms with Gasteiger partial charge in [-0.3, -0.25) is 14.4 Å². The fourth-order valence-electron chi connectivity index (χ4n) is 3.48. The SMILES string of the molecule is COc1ccc(Cl)cc1N1C[C@@H](C(=O)N2CCO[C@@H](CC(=O)O)C2)CC1=O. The molecule has 2 amide bonds. The van der Waals surface area contributed by atoms with Crippen molar-refractivity contribution in [2.75, 3.05) is 38.3 Å². The van der Waals surface area contributed by atoms with Crippen molar-refractivity contribution in [2.24, 2.45) is 5.92 Å². The van der Waals surface area contributed by atoms with Gasteiger partial charge in [-0.2, -0.15) is 0 Å². The highest BCUT2D eigenvalue weighted by molar-refractivity contribution is 6.31. The summed E-state index contributed by atoms with van der Waals surface area (Å²) in [6.07, 6.45) is -0.587. The van der Waals surface area contributed by atoms with Crippen molar-refractivity contribution in [1.82, 2.24) is 4.90 Å². The number of hydrogen-bond acceptors (Lipinski definition) is 5. The molecule has 27 heavy (non-hydrogen) atoms. The topological polar surface area (TPSA) is 96.4 Å². The van der Waals surface area contributed by atoms with Crippen LogP contribution < -0.4 is 9.64 Å². The maximum Gasteiger partial charge on any atom is 0.306 e. The average Bonchev–Trinajstić information content (AvgIpc) is 3.02. The predicted molar refractivity (Wildman–Crippen MR) is 97.0 cm³/mol. The van der Waals surface area contributed by atoms with Gasteiger partial charge >= 0.3 is 5.97 Å². The zero-order valence-corrected chi connectivity index (χ0v) is 15.6. The first-order chi connectivity index (χ1) is 12.9. The van der Waals surface area contributed by atoms with Gasteiger partial charge in [0, 0.05) is 31.1 Å². The smallest absolute Gasteiger partial charge is 0.306 e. The van der Waals surface area contributed by atoms with E-state index in [1.807, 2.05) is 0 Å². The lowest BCUT2D eigenvalue weighted by atomic mass is 10.1. The molecule has 1 aromatic carbocycles. The fourth-order valence-corrected chi connectivity index (χ4v) is 3.64. The van der Waals surface area contributed by atoms with Crippen molar-refractivity contribution in [2.45, 2.75) is 18.9 Å². The third-order valence-corrected chi connectivity index (χ3v) is 4.99. The number of anilines is 1. The molecule has 2 fully saturated rings. The van der Waals surface area contributed by atoms with Crippen molar-refractivity contribution in [3.05, 3.63) is 23.2 Å². The van der Waals surface area contributed by atoms with Crippen LogP contribution in [0.5, 0.6) is 5.75 Å². The molecule has 0 unspecified atom stereocenters. The number of carboxylic acids is 1. The molecule has 0 bridgehead atoms. The lowest BCUT2D eigenvalue weighted by Crippen LogP contribution is -2.48. The summed E-state index contributed by atoms with van der Waals surface area (Å²) in [5, 5.41) is 9.38. The number of aliphatic carboxylic acids is 1. The number of carboxylic acid groups (broad SMARTS) is 1. The number of ether oxygens (including phenoxy) is 2. The number of hydrogen-bond donors (Lipinski definition) is 1. The van der Waals surface area contributed by atoms with Crippen LogP contribution in [0, 0.1) is 5.92 Å². The summed E-state index contributed by atoms with van der Waals surface area (Å²) >= 11 is 6.05. The number of nitrogens with zero attached hydrogens (tertiary/aromatic N) is 2. The summed E-state index contributed by atoms with van der Waals surface area (Å²) in [6.45, 7) is 1.13. The molecule has 0 aromatic heterocycles. The van der Waals surface area contributed by atoms with E-state index in [1.165, 1.54) is 12.0 Å². The van der Waals surface area contributed by atoms with E-state index in [2.05, 4.69) is 0 Å². The standard InChI is InChI=1S/C18H21ClN2O6/c1-26-15-3-2-12(19)7-14(15)21-9-11(6-16(21)22)18(25)20-4-5-27-13(10-20)8-17(23)24/h2-3,7,11,13H,4-6,8-10H2,1H3,(H,23,24)/t11-,13-/m0/s1. The molecule has 2 aliphatic rings. The van der Waals surface area contributed by atoms with Gasteiger partial charge in [-0.1, -0.05) is 11.6 Å². The van der Waals surface area contributed by atoms with Crippen LogP contribution in [0.4, 0.5) is 5.69 Å². The number of benzene rings is 1. The van der Waals surface area contributed by atoms with Crippen molar-refractivity contribution < 1.29 is 29.0 Å². The number of carbonyl (C=O) groups is 3. The minimum atomic E-state index is -0.968. The van der Waals surface area contributed by atoms with Gasteiger partial charge in [-0.25, -0.2) is 0 Å². The molecule has 1 N–H and O–H groups in total. The Morgan fingerprint density at radius 1 is 1.37 bits per heavy atom. The first-order valence-corrected chi connectivity index (χ1v) is 9.03. The summed E-state index contributed by atoms with van der Waals surface area (Å²) < 4.78 is 10.7. The Balaban J connectivity index is 1.71. The first-order valence-electron chi connectivity index (χ1n) is 8.65. The minimum Gasteiger partial charge on any atom is -0.495 e. The van der Waals surface area contributed by atoms with E-state index in [0.29, 0.717) is 23.0 Å². The van der Waals surface area contributed by atoms with E-state index in [-0.39, 0.29) is 44.4 Å². The van der Waals surface area contributed by atoms with Crippen LogP contribution in [0.25, 0.3) is 0 Å². The maximum absolute atomic E-state index is 12.9. The van der Waals surface area contributed by atoms with Gasteiger partial charge in [-0.05, 0) is 18.2 Å². The summed E-state index contributed by atoms with van der Waals surface area (Å²) in [4.78, 5) is 39.4. The molecular formula is C18H21ClN2O6. The second-order valence-electron chi connectivity index (χ2n) is 6.60. The molecular weight excluding hydrogens is 376 g/mol. The van der Waals surface area contributed by atoms with E-state index in [1.54, 1.807) is 23.1 Å². The molecule has 1 aromatic rings. The van der Waals surface area contributed by atoms with E-state index in [9.17, 15) is 14.4 Å². The van der Waals surface area contributed by atoms with Gasteiger partial charge in [0.2, 0.25) is 11.8 Å². The zero-order valence-electron chi connectivity index (χ0n) is 14.9. The van der Waals surface area contributed by atoms with Crippen molar-refractivity contribution in [1.29, 1.82) is 0 Å². The summed E-state index contributed by atoms with van der Waals surface area (Å²) in [5.74, 6) is -1.29. The molecule has 146 valence electrons. The van der Waals surface area contributed by atoms with Gasteiger partial charge in [0.25, 0.3) is 0 Å². The largest absolute Gasteiger partial charge is 0.495 e. The van der Waals surface area contributed by atoms with Gasteiger partial charge in [0.15, 0.2) is 0 Å². The molecule has 2 saturated heterocycles. The van der Waals surface area contributed by atoms with Crippen molar-refractivity contribution >= 4 is 35.1 Å². The Hall–Kier alpha value is -2.32. The fraction of sp³-hybridized carbons (Fsp3) is 0.500. The Morgan fingerprint density at radius 2 is 2.15 bits per heavy atom. The average molecular weight is 397 g/mol. The number of rotatable bonds is 5. The van der Waals surface area contributed by atoms with Gasteiger partial charge in [-0.15, -0.1) is 0 Å². The van der Waals surface area contributed by atoms with Crippen LogP contribution >= 0.6 is 11.6 Å².